The van der Waals surface area contributed by atoms with Crippen LogP contribution in [0.15, 0.2) is 83.3 Å². The molecule has 1 aromatic rings. The third-order valence-electron chi connectivity index (χ3n) is 5.82. The lowest BCUT2D eigenvalue weighted by atomic mass is 9.64. The molecule has 138 valence electrons. The summed E-state index contributed by atoms with van der Waals surface area (Å²) in [5.74, 6) is 0.299. The zero-order chi connectivity index (χ0) is 19.2. The lowest BCUT2D eigenvalue weighted by molar-refractivity contribution is -0.131. The molecule has 1 heterocycles. The largest absolute Gasteiger partial charge is 0.508 e. The van der Waals surface area contributed by atoms with Gasteiger partial charge in [0.15, 0.2) is 0 Å². The van der Waals surface area contributed by atoms with Crippen molar-refractivity contribution in [1.82, 2.24) is 4.90 Å². The monoisotopic (exact) mass is 361 g/mol. The highest BCUT2D eigenvalue weighted by atomic mass is 16.3. The van der Waals surface area contributed by atoms with Crippen LogP contribution in [0.4, 0.5) is 0 Å². The predicted octanol–water partition coefficient (Wildman–Crippen LogP) is 4.28. The van der Waals surface area contributed by atoms with Crippen molar-refractivity contribution < 1.29 is 15.0 Å². The van der Waals surface area contributed by atoms with Crippen LogP contribution in [-0.4, -0.2) is 28.1 Å². The number of likely N-dealkylation sites (tertiary alicyclic amines) is 1. The Kier molecular flexibility index (Phi) is 4.06. The topological polar surface area (TPSA) is 60.8 Å². The lowest BCUT2D eigenvalue weighted by Crippen LogP contribution is -2.43. The van der Waals surface area contributed by atoms with Gasteiger partial charge < -0.3 is 15.1 Å². The third kappa shape index (κ3) is 2.55. The van der Waals surface area contributed by atoms with Crippen LogP contribution in [0.2, 0.25) is 0 Å². The molecule has 0 radical (unpaired) electrons. The molecule has 0 saturated carbocycles. The Bertz CT molecular complexity index is 946. The fourth-order valence-corrected chi connectivity index (χ4v) is 4.40. The van der Waals surface area contributed by atoms with Crippen LogP contribution < -0.4 is 0 Å². The van der Waals surface area contributed by atoms with Gasteiger partial charge in [0.1, 0.15) is 16.9 Å². The summed E-state index contributed by atoms with van der Waals surface area (Å²) in [7, 11) is 1.82. The van der Waals surface area contributed by atoms with E-state index in [9.17, 15) is 15.0 Å². The van der Waals surface area contributed by atoms with Crippen molar-refractivity contribution in [1.29, 1.82) is 0 Å². The second kappa shape index (κ2) is 6.31. The summed E-state index contributed by atoms with van der Waals surface area (Å²) in [4.78, 5) is 15.4. The second-order valence-electron chi connectivity index (χ2n) is 7.44. The number of benzene rings is 1. The average molecular weight is 361 g/mol. The Balaban J connectivity index is 1.97. The molecular formula is C23H23NO3. The van der Waals surface area contributed by atoms with Crippen molar-refractivity contribution in [2.75, 3.05) is 7.05 Å². The molecule has 4 nitrogen and oxygen atoms in total. The molecule has 4 heteroatoms. The normalized spacial score (nSPS) is 27.4. The molecular weight excluding hydrogens is 338 g/mol. The van der Waals surface area contributed by atoms with Gasteiger partial charge in [0, 0.05) is 18.7 Å². The zero-order valence-corrected chi connectivity index (χ0v) is 15.5. The van der Waals surface area contributed by atoms with E-state index in [1.807, 2.05) is 31.3 Å². The summed E-state index contributed by atoms with van der Waals surface area (Å²) in [5.41, 5.74) is 3.13. The van der Waals surface area contributed by atoms with Gasteiger partial charge in [-0.2, -0.15) is 0 Å². The quantitative estimate of drug-likeness (QED) is 0.826. The van der Waals surface area contributed by atoms with Gasteiger partial charge in [-0.05, 0) is 61.3 Å². The van der Waals surface area contributed by atoms with Crippen molar-refractivity contribution in [3.63, 3.8) is 0 Å². The van der Waals surface area contributed by atoms with E-state index in [-0.39, 0.29) is 23.3 Å². The molecule has 1 amide bonds. The van der Waals surface area contributed by atoms with E-state index in [2.05, 4.69) is 19.1 Å². The van der Waals surface area contributed by atoms with E-state index < -0.39 is 5.41 Å². The maximum Gasteiger partial charge on any atom is 0.242 e. The summed E-state index contributed by atoms with van der Waals surface area (Å²) in [6.07, 6.45) is 13.0. The number of phenolic OH excluding ortho intramolecular Hbond substituents is 1. The van der Waals surface area contributed by atoms with Gasteiger partial charge in [-0.1, -0.05) is 35.9 Å². The number of allylic oxidation sites excluding steroid dienone is 8. The fourth-order valence-electron chi connectivity index (χ4n) is 4.40. The number of rotatable bonds is 2. The minimum atomic E-state index is -0.875. The fraction of sp³-hybridized carbons (Fsp3) is 0.261. The van der Waals surface area contributed by atoms with E-state index in [1.165, 1.54) is 5.57 Å². The van der Waals surface area contributed by atoms with Gasteiger partial charge in [0.05, 0.1) is 0 Å². The number of likely N-dealkylation sites (N-methyl/N-ethyl adjacent to an activating group) is 1. The molecule has 0 bridgehead atoms. The molecule has 2 atom stereocenters. The van der Waals surface area contributed by atoms with E-state index in [0.717, 1.165) is 23.3 Å². The SMILES string of the molecule is CC1=CC=C2C(=CC1)C(c1ccc(O)cc1)(C1C=CC(O)=CC1)C(=O)N2C. The van der Waals surface area contributed by atoms with Crippen LogP contribution in [-0.2, 0) is 10.2 Å². The first-order chi connectivity index (χ1) is 12.9. The smallest absolute Gasteiger partial charge is 0.242 e. The molecule has 0 aromatic heterocycles. The van der Waals surface area contributed by atoms with Gasteiger partial charge in [0.25, 0.3) is 0 Å². The number of amides is 1. The maximum atomic E-state index is 13.7. The van der Waals surface area contributed by atoms with Crippen LogP contribution in [0, 0.1) is 5.92 Å². The van der Waals surface area contributed by atoms with Crippen molar-refractivity contribution in [3.05, 3.63) is 88.9 Å². The second-order valence-corrected chi connectivity index (χ2v) is 7.44. The number of nitrogens with zero attached hydrogens (tertiary/aromatic N) is 1. The van der Waals surface area contributed by atoms with Crippen molar-refractivity contribution in [3.8, 4) is 5.75 Å². The van der Waals surface area contributed by atoms with Crippen molar-refractivity contribution >= 4 is 5.91 Å². The summed E-state index contributed by atoms with van der Waals surface area (Å²) in [5, 5.41) is 19.6. The maximum absolute atomic E-state index is 13.7. The highest BCUT2D eigenvalue weighted by Gasteiger charge is 2.57. The van der Waals surface area contributed by atoms with E-state index in [4.69, 9.17) is 0 Å². The molecule has 2 N–H and O–H groups in total. The number of aliphatic hydroxyl groups excluding tert-OH is 1. The Morgan fingerprint density at radius 1 is 1.11 bits per heavy atom. The summed E-state index contributed by atoms with van der Waals surface area (Å²) in [6.45, 7) is 2.08. The van der Waals surface area contributed by atoms with Gasteiger partial charge in [-0.3, -0.25) is 4.79 Å². The Morgan fingerprint density at radius 3 is 2.52 bits per heavy atom. The molecule has 3 aliphatic rings. The van der Waals surface area contributed by atoms with Crippen LogP contribution in [0.3, 0.4) is 0 Å². The molecule has 0 spiro atoms. The number of carbonyl (C=O) groups is 1. The zero-order valence-electron chi connectivity index (χ0n) is 15.5. The standard InChI is InChI=1S/C23H23NO3/c1-15-3-13-20-21(14-4-15)24(2)22(27)23(20,16-5-9-18(25)10-6-16)17-7-11-19(26)12-8-17/h4-7,9-14,17,25-26H,3,8H2,1-2H3. The molecule has 1 fully saturated rings. The van der Waals surface area contributed by atoms with Crippen molar-refractivity contribution in [2.24, 2.45) is 5.92 Å². The summed E-state index contributed by atoms with van der Waals surface area (Å²) in [6, 6.07) is 6.93. The molecule has 1 aliphatic heterocycles. The third-order valence-corrected chi connectivity index (χ3v) is 5.82. The molecule has 2 unspecified atom stereocenters. The Morgan fingerprint density at radius 2 is 1.85 bits per heavy atom. The number of fused-ring (bicyclic) bond motifs is 1. The number of hydrogen-bond acceptors (Lipinski definition) is 3. The van der Waals surface area contributed by atoms with Gasteiger partial charge in [-0.15, -0.1) is 0 Å². The number of aliphatic hydroxyl groups is 1. The number of phenols is 1. The van der Waals surface area contributed by atoms with Crippen LogP contribution in [0.1, 0.15) is 25.3 Å². The van der Waals surface area contributed by atoms with Gasteiger partial charge >= 0.3 is 0 Å². The van der Waals surface area contributed by atoms with Gasteiger partial charge in [0.2, 0.25) is 5.91 Å². The molecule has 2 aliphatic carbocycles. The molecule has 1 aromatic carbocycles. The highest BCUT2D eigenvalue weighted by molar-refractivity contribution is 6.00. The number of hydrogen-bond donors (Lipinski definition) is 2. The molecule has 27 heavy (non-hydrogen) atoms. The van der Waals surface area contributed by atoms with Crippen LogP contribution in [0.5, 0.6) is 5.75 Å². The minimum absolute atomic E-state index is 0.0167. The first-order valence-electron chi connectivity index (χ1n) is 9.18. The first-order valence-corrected chi connectivity index (χ1v) is 9.18. The Labute approximate surface area is 159 Å². The predicted molar refractivity (Wildman–Crippen MR) is 105 cm³/mol. The highest BCUT2D eigenvalue weighted by Crippen LogP contribution is 2.53. The van der Waals surface area contributed by atoms with Crippen LogP contribution >= 0.6 is 0 Å². The summed E-state index contributed by atoms with van der Waals surface area (Å²) < 4.78 is 0. The molecule has 1 saturated heterocycles. The van der Waals surface area contributed by atoms with Crippen molar-refractivity contribution in [2.45, 2.75) is 25.2 Å². The van der Waals surface area contributed by atoms with Gasteiger partial charge in [-0.25, -0.2) is 0 Å². The van der Waals surface area contributed by atoms with E-state index in [1.54, 1.807) is 29.2 Å². The first kappa shape index (κ1) is 17.4. The van der Waals surface area contributed by atoms with E-state index >= 15 is 0 Å². The average Bonchev–Trinajstić information content (AvgIpc) is 2.78. The minimum Gasteiger partial charge on any atom is -0.508 e. The lowest BCUT2D eigenvalue weighted by Gasteiger charge is -2.36. The Hall–Kier alpha value is -3.01. The molecule has 4 rings (SSSR count). The van der Waals surface area contributed by atoms with E-state index in [0.29, 0.717) is 6.42 Å². The summed E-state index contributed by atoms with van der Waals surface area (Å²) >= 11 is 0. The number of aromatic hydroxyl groups is 1. The van der Waals surface area contributed by atoms with Crippen LogP contribution in [0.25, 0.3) is 0 Å². The number of carbonyl (C=O) groups excluding carboxylic acids is 1.